The van der Waals surface area contributed by atoms with Crippen molar-refractivity contribution in [2.75, 3.05) is 21.3 Å². The fourth-order valence-electron chi connectivity index (χ4n) is 7.13. The first kappa shape index (κ1) is 29.9. The van der Waals surface area contributed by atoms with Gasteiger partial charge in [-0.3, -0.25) is 0 Å². The van der Waals surface area contributed by atoms with Crippen LogP contribution >= 0.6 is 0 Å². The zero-order valence-electron chi connectivity index (χ0n) is 27.3. The Bertz CT molecular complexity index is 2360. The maximum atomic E-state index is 13.2. The highest BCUT2D eigenvalue weighted by Gasteiger charge is 2.25. The van der Waals surface area contributed by atoms with E-state index in [4.69, 9.17) is 0 Å². The number of nitrogens with one attached hydrogen (secondary N) is 8. The molecule has 0 atom stereocenters. The smallest absolute Gasteiger partial charge is 0.323 e. The van der Waals surface area contributed by atoms with Gasteiger partial charge in [-0.25, -0.2) is 9.59 Å². The third-order valence-corrected chi connectivity index (χ3v) is 9.54. The first-order chi connectivity index (χ1) is 23.9. The Hall–Kier alpha value is -6.42. The van der Waals surface area contributed by atoms with Gasteiger partial charge in [0.25, 0.3) is 0 Å². The molecule has 8 aromatic rings. The Morgan fingerprint density at radius 1 is 0.551 bits per heavy atom. The number of para-hydroxylation sites is 4. The van der Waals surface area contributed by atoms with Crippen LogP contribution in [0.3, 0.4) is 0 Å². The summed E-state index contributed by atoms with van der Waals surface area (Å²) in [6.45, 7) is 6.40. The van der Waals surface area contributed by atoms with Gasteiger partial charge in [-0.15, -0.1) is 0 Å². The summed E-state index contributed by atoms with van der Waals surface area (Å²) in [5.41, 5.74) is 10.7. The van der Waals surface area contributed by atoms with Crippen LogP contribution in [0.1, 0.15) is 41.8 Å². The number of amides is 4. The molecule has 0 saturated heterocycles. The number of aromatic amines is 4. The Balaban J connectivity index is 1.08. The van der Waals surface area contributed by atoms with Crippen molar-refractivity contribution in [1.29, 1.82) is 0 Å². The molecular formula is C39H36N8O2. The monoisotopic (exact) mass is 648 g/mol. The Morgan fingerprint density at radius 3 is 1.35 bits per heavy atom. The van der Waals surface area contributed by atoms with Crippen molar-refractivity contribution < 1.29 is 9.59 Å². The highest BCUT2D eigenvalue weighted by atomic mass is 16.2. The third kappa shape index (κ3) is 5.23. The van der Waals surface area contributed by atoms with Crippen molar-refractivity contribution in [1.82, 2.24) is 19.9 Å². The van der Waals surface area contributed by atoms with E-state index in [1.807, 2.05) is 85.2 Å². The van der Waals surface area contributed by atoms with E-state index in [0.29, 0.717) is 22.7 Å². The molecule has 0 radical (unpaired) electrons. The molecule has 8 N–H and O–H groups in total. The summed E-state index contributed by atoms with van der Waals surface area (Å²) >= 11 is 0. The molecule has 10 nitrogen and oxygen atoms in total. The maximum absolute atomic E-state index is 13.2. The fraction of sp³-hybridized carbons (Fsp3) is 0.128. The summed E-state index contributed by atoms with van der Waals surface area (Å²) in [5, 5.41) is 16.2. The Labute approximate surface area is 281 Å². The average Bonchev–Trinajstić information content (AvgIpc) is 3.90. The molecule has 0 aliphatic heterocycles. The van der Waals surface area contributed by atoms with Crippen molar-refractivity contribution in [2.45, 2.75) is 33.1 Å². The summed E-state index contributed by atoms with van der Waals surface area (Å²) < 4.78 is 0. The van der Waals surface area contributed by atoms with Gasteiger partial charge < -0.3 is 41.2 Å². The van der Waals surface area contributed by atoms with E-state index in [1.165, 1.54) is 0 Å². The molecule has 49 heavy (non-hydrogen) atoms. The lowest BCUT2D eigenvalue weighted by Crippen LogP contribution is -2.19. The van der Waals surface area contributed by atoms with Gasteiger partial charge in [-0.2, -0.15) is 0 Å². The highest BCUT2D eigenvalue weighted by molar-refractivity contribution is 6.10. The number of carbonyl (C=O) groups excluding carboxylic acids is 2. The van der Waals surface area contributed by atoms with Gasteiger partial charge in [-0.05, 0) is 67.8 Å². The third-order valence-electron chi connectivity index (χ3n) is 9.54. The number of aryl methyl sites for hydroxylation is 2. The summed E-state index contributed by atoms with van der Waals surface area (Å²) in [5.74, 6) is 0.0131. The zero-order valence-corrected chi connectivity index (χ0v) is 27.3. The summed E-state index contributed by atoms with van der Waals surface area (Å²) in [6, 6.07) is 26.8. The number of aromatic nitrogens is 4. The predicted octanol–water partition coefficient (Wildman–Crippen LogP) is 10.1. The second kappa shape index (κ2) is 12.0. The molecule has 0 bridgehead atoms. The maximum Gasteiger partial charge on any atom is 0.323 e. The lowest BCUT2D eigenvalue weighted by Gasteiger charge is -2.15. The number of carbonyl (C=O) groups is 2. The summed E-state index contributed by atoms with van der Waals surface area (Å²) in [7, 11) is 0. The van der Waals surface area contributed by atoms with Crippen LogP contribution in [0.5, 0.6) is 0 Å². The van der Waals surface area contributed by atoms with E-state index in [-0.39, 0.29) is 18.0 Å². The number of urea groups is 2. The van der Waals surface area contributed by atoms with Crippen LogP contribution in [0.25, 0.3) is 43.6 Å². The van der Waals surface area contributed by atoms with Crippen LogP contribution < -0.4 is 21.3 Å². The van der Waals surface area contributed by atoms with E-state index in [9.17, 15) is 9.59 Å². The van der Waals surface area contributed by atoms with E-state index in [0.717, 1.165) is 72.5 Å². The van der Waals surface area contributed by atoms with Gasteiger partial charge in [0, 0.05) is 51.2 Å². The zero-order chi connectivity index (χ0) is 33.6. The van der Waals surface area contributed by atoms with Gasteiger partial charge in [0.2, 0.25) is 0 Å². The van der Waals surface area contributed by atoms with Crippen LogP contribution in [0, 0.1) is 13.8 Å². The summed E-state index contributed by atoms with van der Waals surface area (Å²) in [4.78, 5) is 40.2. The number of benzene rings is 4. The average molecular weight is 649 g/mol. The highest BCUT2D eigenvalue weighted by Crippen LogP contribution is 2.40. The minimum absolute atomic E-state index is 0.0131. The predicted molar refractivity (Wildman–Crippen MR) is 200 cm³/mol. The molecular weight excluding hydrogens is 612 g/mol. The van der Waals surface area contributed by atoms with E-state index in [1.54, 1.807) is 0 Å². The quantitative estimate of drug-likeness (QED) is 0.0870. The fourth-order valence-corrected chi connectivity index (χ4v) is 7.13. The standard InChI is InChI=1S/C39H36N8O2/c1-4-25(32-21(2)26-11-7-15-30(36(26)46-32)44-38(48)42-28-13-5-9-23-17-19-40-34(23)28)33-22(3)27-12-8-16-31(37(27)47-33)45-39(49)43-29-14-6-10-24-18-20-41-35(24)29/h5-20,25,40-41,46-47H,4H2,1-3H3,(H2,42,44,48)(H2,43,45,49). The molecule has 244 valence electrons. The lowest BCUT2D eigenvalue weighted by molar-refractivity contribution is 0.261. The largest absolute Gasteiger partial charge is 0.359 e. The number of rotatable bonds is 7. The van der Waals surface area contributed by atoms with Gasteiger partial charge in [0.1, 0.15) is 0 Å². The normalized spacial score (nSPS) is 11.6. The molecule has 4 heterocycles. The van der Waals surface area contributed by atoms with E-state index in [2.05, 4.69) is 74.1 Å². The van der Waals surface area contributed by atoms with Crippen molar-refractivity contribution >= 4 is 78.4 Å². The number of anilines is 4. The number of hydrogen-bond acceptors (Lipinski definition) is 2. The lowest BCUT2D eigenvalue weighted by atomic mass is 9.92. The second-order valence-corrected chi connectivity index (χ2v) is 12.4. The van der Waals surface area contributed by atoms with Gasteiger partial charge in [0.15, 0.2) is 0 Å². The Kier molecular flexibility index (Phi) is 7.33. The minimum Gasteiger partial charge on any atom is -0.359 e. The molecule has 10 heteroatoms. The molecule has 0 aliphatic carbocycles. The van der Waals surface area contributed by atoms with Crippen LogP contribution in [0.15, 0.2) is 97.3 Å². The van der Waals surface area contributed by atoms with Crippen molar-refractivity contribution in [3.05, 3.63) is 120 Å². The molecule has 0 unspecified atom stereocenters. The molecule has 4 aromatic carbocycles. The first-order valence-electron chi connectivity index (χ1n) is 16.4. The molecule has 0 fully saturated rings. The summed E-state index contributed by atoms with van der Waals surface area (Å²) in [6.07, 6.45) is 4.54. The number of hydrogen-bond donors (Lipinski definition) is 8. The van der Waals surface area contributed by atoms with Gasteiger partial charge in [-0.1, -0.05) is 55.5 Å². The minimum atomic E-state index is -0.324. The SMILES string of the molecule is CCC(c1[nH]c2c(NC(=O)Nc3cccc4cc[nH]c34)cccc2c1C)c1[nH]c2c(NC(=O)Nc3cccc4cc[nH]c34)cccc2c1C. The van der Waals surface area contributed by atoms with Crippen LogP contribution in [0.4, 0.5) is 32.3 Å². The first-order valence-corrected chi connectivity index (χ1v) is 16.4. The molecule has 0 aliphatic rings. The van der Waals surface area contributed by atoms with E-state index < -0.39 is 0 Å². The second-order valence-electron chi connectivity index (χ2n) is 12.4. The molecule has 4 aromatic heterocycles. The molecule has 4 amide bonds. The molecule has 8 rings (SSSR count). The van der Waals surface area contributed by atoms with Gasteiger partial charge in [0.05, 0.1) is 44.8 Å². The van der Waals surface area contributed by atoms with Crippen LogP contribution in [0.2, 0.25) is 0 Å². The van der Waals surface area contributed by atoms with E-state index >= 15 is 0 Å². The number of H-pyrrole nitrogens is 4. The number of fused-ring (bicyclic) bond motifs is 4. The van der Waals surface area contributed by atoms with Crippen molar-refractivity contribution in [3.8, 4) is 0 Å². The van der Waals surface area contributed by atoms with Crippen LogP contribution in [-0.4, -0.2) is 32.0 Å². The molecule has 0 saturated carbocycles. The molecule has 0 spiro atoms. The Morgan fingerprint density at radius 2 is 0.939 bits per heavy atom. The van der Waals surface area contributed by atoms with Crippen molar-refractivity contribution in [2.24, 2.45) is 0 Å². The van der Waals surface area contributed by atoms with Gasteiger partial charge >= 0.3 is 12.1 Å². The topological polar surface area (TPSA) is 145 Å². The van der Waals surface area contributed by atoms with Crippen LogP contribution in [-0.2, 0) is 0 Å². The van der Waals surface area contributed by atoms with Crippen molar-refractivity contribution in [3.63, 3.8) is 0 Å².